The number of hydrogen-bond donors (Lipinski definition) is 3. The summed E-state index contributed by atoms with van der Waals surface area (Å²) in [5.74, 6) is -0.568. The predicted molar refractivity (Wildman–Crippen MR) is 111 cm³/mol. The number of aromatic nitrogens is 2. The number of halogens is 1. The number of primary amides is 1. The molecule has 1 amide bonds. The van der Waals surface area contributed by atoms with E-state index >= 15 is 0 Å². The van der Waals surface area contributed by atoms with Crippen molar-refractivity contribution in [3.8, 4) is 0 Å². The van der Waals surface area contributed by atoms with Crippen molar-refractivity contribution in [3.05, 3.63) is 76.9 Å². The highest BCUT2D eigenvalue weighted by atomic mass is 19.1. The first-order chi connectivity index (χ1) is 14.6. The molecule has 150 valence electrons. The van der Waals surface area contributed by atoms with Crippen LogP contribution >= 0.6 is 0 Å². The fourth-order valence-electron chi connectivity index (χ4n) is 3.66. The molecule has 3 aromatic rings. The molecule has 30 heavy (non-hydrogen) atoms. The van der Waals surface area contributed by atoms with E-state index in [1.165, 1.54) is 12.3 Å². The molecule has 9 heteroatoms. The van der Waals surface area contributed by atoms with Crippen LogP contribution in [0, 0.1) is 5.82 Å². The maximum absolute atomic E-state index is 14.1. The van der Waals surface area contributed by atoms with Crippen LogP contribution in [0.25, 0.3) is 10.9 Å². The van der Waals surface area contributed by atoms with Gasteiger partial charge in [0.1, 0.15) is 11.7 Å². The Kier molecular flexibility index (Phi) is 4.27. The molecule has 2 aliphatic heterocycles. The Labute approximate surface area is 171 Å². The Morgan fingerprint density at radius 1 is 1.27 bits per heavy atom. The maximum Gasteiger partial charge on any atom is 0.249 e. The lowest BCUT2D eigenvalue weighted by atomic mass is 10.1. The molecular weight excluding hydrogens is 385 g/mol. The van der Waals surface area contributed by atoms with Crippen LogP contribution in [0.5, 0.6) is 0 Å². The Hall–Kier alpha value is -4.01. The molecule has 0 bridgehead atoms. The summed E-state index contributed by atoms with van der Waals surface area (Å²) in [6.45, 7) is 1.03. The molecule has 1 aromatic heterocycles. The lowest BCUT2D eigenvalue weighted by Gasteiger charge is -2.29. The number of hydrogen-bond acceptors (Lipinski definition) is 5. The van der Waals surface area contributed by atoms with Gasteiger partial charge in [-0.1, -0.05) is 30.3 Å². The number of carbonyl (C=O) groups excluding carboxylic acids is 1. The van der Waals surface area contributed by atoms with Crippen molar-refractivity contribution in [3.63, 3.8) is 0 Å². The molecule has 2 aromatic carbocycles. The third kappa shape index (κ3) is 3.10. The van der Waals surface area contributed by atoms with E-state index in [1.807, 2.05) is 30.3 Å². The largest absolute Gasteiger partial charge is 0.366 e. The van der Waals surface area contributed by atoms with Gasteiger partial charge in [0.15, 0.2) is 6.29 Å². The highest BCUT2D eigenvalue weighted by Crippen LogP contribution is 2.25. The standard InChI is InChI=1S/C21H18FN7O/c22-13-6-14(19(23)30)15-10-26-29(18(15)7-13)21-27-17-11-24-9-16(17)20(28-21)25-8-12-4-2-1-3-5-12/h1-7,10-11,21,27H,8-9H2,(H2,23,30)(H,25,28). The van der Waals surface area contributed by atoms with Crippen LogP contribution in [0.2, 0.25) is 0 Å². The molecule has 0 aliphatic carbocycles. The van der Waals surface area contributed by atoms with Gasteiger partial charge in [-0.15, -0.1) is 0 Å². The number of allylic oxidation sites excluding steroid dienone is 1. The second-order valence-corrected chi connectivity index (χ2v) is 7.04. The first kappa shape index (κ1) is 18.0. The molecule has 5 rings (SSSR count). The minimum atomic E-state index is -0.707. The van der Waals surface area contributed by atoms with Gasteiger partial charge in [0, 0.05) is 17.2 Å². The Balaban J connectivity index is 1.53. The van der Waals surface area contributed by atoms with Crippen molar-refractivity contribution in [1.29, 1.82) is 0 Å². The fraction of sp³-hybridized carbons (Fsp3) is 0.143. The van der Waals surface area contributed by atoms with Crippen molar-refractivity contribution in [2.45, 2.75) is 12.8 Å². The average molecular weight is 403 g/mol. The van der Waals surface area contributed by atoms with E-state index in [1.54, 1.807) is 10.9 Å². The normalized spacial score (nSPS) is 19.1. The lowest BCUT2D eigenvalue weighted by molar-refractivity contribution is 0.100. The molecule has 0 saturated heterocycles. The first-order valence-electron chi connectivity index (χ1n) is 9.41. The summed E-state index contributed by atoms with van der Waals surface area (Å²) in [6.07, 6.45) is 2.72. The smallest absolute Gasteiger partial charge is 0.249 e. The maximum atomic E-state index is 14.1. The molecular formula is C21H18FN7O. The van der Waals surface area contributed by atoms with Gasteiger partial charge in [-0.25, -0.2) is 9.07 Å². The summed E-state index contributed by atoms with van der Waals surface area (Å²) in [6, 6.07) is 12.4. The number of amidine groups is 1. The highest BCUT2D eigenvalue weighted by Gasteiger charge is 2.28. The van der Waals surface area contributed by atoms with Gasteiger partial charge < -0.3 is 16.4 Å². The van der Waals surface area contributed by atoms with Gasteiger partial charge in [0.05, 0.1) is 36.1 Å². The molecule has 1 atom stereocenters. The van der Waals surface area contributed by atoms with Gasteiger partial charge in [-0.2, -0.15) is 5.10 Å². The second kappa shape index (κ2) is 7.11. The van der Waals surface area contributed by atoms with Gasteiger partial charge in [-0.3, -0.25) is 14.8 Å². The molecule has 4 N–H and O–H groups in total. The van der Waals surface area contributed by atoms with Crippen molar-refractivity contribution in [2.75, 3.05) is 6.54 Å². The lowest BCUT2D eigenvalue weighted by Crippen LogP contribution is -2.47. The average Bonchev–Trinajstić information content (AvgIpc) is 3.38. The van der Waals surface area contributed by atoms with E-state index < -0.39 is 18.0 Å². The number of rotatable bonds is 4. The Bertz CT molecular complexity index is 1240. The molecule has 0 radical (unpaired) electrons. The number of nitrogens with zero attached hydrogens (tertiary/aromatic N) is 4. The third-order valence-corrected chi connectivity index (χ3v) is 5.10. The minimum Gasteiger partial charge on any atom is -0.366 e. The summed E-state index contributed by atoms with van der Waals surface area (Å²) in [7, 11) is 0. The van der Waals surface area contributed by atoms with Crippen LogP contribution < -0.4 is 16.4 Å². The fourth-order valence-corrected chi connectivity index (χ4v) is 3.66. The molecule has 0 saturated carbocycles. The van der Waals surface area contributed by atoms with E-state index in [0.29, 0.717) is 29.8 Å². The molecule has 3 heterocycles. The van der Waals surface area contributed by atoms with Crippen LogP contribution in [-0.2, 0) is 6.54 Å². The van der Waals surface area contributed by atoms with Crippen molar-refractivity contribution in [1.82, 2.24) is 20.4 Å². The van der Waals surface area contributed by atoms with E-state index in [0.717, 1.165) is 22.9 Å². The first-order valence-corrected chi connectivity index (χ1v) is 9.41. The number of carbonyl (C=O) groups is 1. The number of nitrogens with one attached hydrogen (secondary N) is 2. The highest BCUT2D eigenvalue weighted by molar-refractivity contribution is 6.07. The van der Waals surface area contributed by atoms with Gasteiger partial charge in [-0.05, 0) is 17.7 Å². The zero-order valence-corrected chi connectivity index (χ0v) is 15.8. The number of fused-ring (bicyclic) bond motifs is 1. The van der Waals surface area contributed by atoms with Gasteiger partial charge in [0.2, 0.25) is 5.91 Å². The Morgan fingerprint density at radius 2 is 2.10 bits per heavy atom. The van der Waals surface area contributed by atoms with Gasteiger partial charge in [0.25, 0.3) is 0 Å². The molecule has 0 fully saturated rings. The predicted octanol–water partition coefficient (Wildman–Crippen LogP) is 1.86. The number of aliphatic imine (C=N–C) groups is 2. The third-order valence-electron chi connectivity index (χ3n) is 5.10. The van der Waals surface area contributed by atoms with Gasteiger partial charge >= 0.3 is 0 Å². The molecule has 0 spiro atoms. The number of amides is 1. The molecule has 2 aliphatic rings. The number of benzene rings is 2. The van der Waals surface area contributed by atoms with E-state index in [4.69, 9.17) is 10.7 Å². The zero-order valence-electron chi connectivity index (χ0n) is 15.8. The SMILES string of the molecule is NC(=O)c1cc(F)cc2c1cnn2C1NC(=NCc2ccccc2)C2=C(C=NC2)N1. The summed E-state index contributed by atoms with van der Waals surface area (Å²) >= 11 is 0. The molecule has 1 unspecified atom stereocenters. The summed E-state index contributed by atoms with van der Waals surface area (Å²) in [5.41, 5.74) is 8.81. The van der Waals surface area contributed by atoms with Crippen LogP contribution in [0.15, 0.2) is 69.9 Å². The quantitative estimate of drug-likeness (QED) is 0.618. The topological polar surface area (TPSA) is 110 Å². The number of nitrogens with two attached hydrogens (primary N) is 1. The molecule has 8 nitrogen and oxygen atoms in total. The van der Waals surface area contributed by atoms with Crippen LogP contribution in [0.4, 0.5) is 4.39 Å². The van der Waals surface area contributed by atoms with Crippen LogP contribution in [0.3, 0.4) is 0 Å². The van der Waals surface area contributed by atoms with Crippen molar-refractivity contribution in [2.24, 2.45) is 15.7 Å². The van der Waals surface area contributed by atoms with E-state index in [9.17, 15) is 9.18 Å². The zero-order chi connectivity index (χ0) is 20.7. The van der Waals surface area contributed by atoms with Crippen LogP contribution in [-0.4, -0.2) is 34.3 Å². The van der Waals surface area contributed by atoms with Crippen LogP contribution in [0.1, 0.15) is 22.2 Å². The van der Waals surface area contributed by atoms with Crippen molar-refractivity contribution < 1.29 is 9.18 Å². The van der Waals surface area contributed by atoms with Crippen molar-refractivity contribution >= 4 is 28.9 Å². The van der Waals surface area contributed by atoms with E-state index in [-0.39, 0.29) is 5.56 Å². The summed E-state index contributed by atoms with van der Waals surface area (Å²) < 4.78 is 15.7. The second-order valence-electron chi connectivity index (χ2n) is 7.04. The summed E-state index contributed by atoms with van der Waals surface area (Å²) in [4.78, 5) is 20.8. The van der Waals surface area contributed by atoms with E-state index in [2.05, 4.69) is 20.7 Å². The summed E-state index contributed by atoms with van der Waals surface area (Å²) in [5, 5.41) is 11.5. The Morgan fingerprint density at radius 3 is 2.90 bits per heavy atom. The monoisotopic (exact) mass is 403 g/mol. The minimum absolute atomic E-state index is 0.0901.